The van der Waals surface area contributed by atoms with Gasteiger partial charge in [-0.1, -0.05) is 24.3 Å². The third-order valence-corrected chi connectivity index (χ3v) is 8.84. The molecular weight excluding hydrogens is 541 g/mol. The number of sulfone groups is 1. The van der Waals surface area contributed by atoms with Gasteiger partial charge in [0.25, 0.3) is 0 Å². The summed E-state index contributed by atoms with van der Waals surface area (Å²) in [7, 11) is -1.37. The van der Waals surface area contributed by atoms with Gasteiger partial charge in [-0.25, -0.2) is 8.42 Å². The number of nitrogens with zero attached hydrogens (tertiary/aromatic N) is 3. The molecule has 3 rings (SSSR count). The molecule has 1 aromatic carbocycles. The van der Waals surface area contributed by atoms with E-state index in [2.05, 4.69) is 33.4 Å². The summed E-state index contributed by atoms with van der Waals surface area (Å²) in [6.07, 6.45) is 1.87. The molecule has 1 atom stereocenters. The van der Waals surface area contributed by atoms with Gasteiger partial charge in [-0.3, -0.25) is 14.7 Å². The minimum Gasteiger partial charge on any atom is -0.369 e. The summed E-state index contributed by atoms with van der Waals surface area (Å²) < 4.78 is 23.8. The average molecular weight is 578 g/mol. The van der Waals surface area contributed by atoms with E-state index in [-0.39, 0.29) is 41.6 Å². The normalized spacial score (nSPS) is 23.3. The molecule has 8 nitrogen and oxygen atoms in total. The van der Waals surface area contributed by atoms with Gasteiger partial charge in [-0.15, -0.1) is 24.0 Å². The van der Waals surface area contributed by atoms with Gasteiger partial charge in [-0.2, -0.15) is 0 Å². The van der Waals surface area contributed by atoms with Crippen LogP contribution in [0, 0.1) is 5.92 Å². The van der Waals surface area contributed by atoms with Gasteiger partial charge in [0.15, 0.2) is 15.8 Å². The van der Waals surface area contributed by atoms with Crippen LogP contribution in [0.25, 0.3) is 0 Å². The lowest BCUT2D eigenvalue weighted by Gasteiger charge is -2.39. The van der Waals surface area contributed by atoms with Crippen LogP contribution >= 0.6 is 24.0 Å². The highest BCUT2D eigenvalue weighted by molar-refractivity contribution is 14.0. The van der Waals surface area contributed by atoms with E-state index >= 15 is 0 Å². The average Bonchev–Trinajstić information content (AvgIpc) is 2.71. The molecule has 10 heteroatoms. The zero-order valence-corrected chi connectivity index (χ0v) is 22.4. The Hall–Kier alpha value is -1.40. The smallest absolute Gasteiger partial charge is 0.221 e. The maximum absolute atomic E-state index is 12.3. The summed E-state index contributed by atoms with van der Waals surface area (Å²) in [4.78, 5) is 20.2. The van der Waals surface area contributed by atoms with E-state index in [1.807, 2.05) is 11.0 Å². The molecule has 0 spiro atoms. The third kappa shape index (κ3) is 6.57. The van der Waals surface area contributed by atoms with Crippen LogP contribution in [0.15, 0.2) is 29.3 Å². The van der Waals surface area contributed by atoms with Crippen molar-refractivity contribution < 1.29 is 13.2 Å². The van der Waals surface area contributed by atoms with Crippen LogP contribution in [-0.2, 0) is 27.7 Å². The summed E-state index contributed by atoms with van der Waals surface area (Å²) in [6.45, 7) is 7.51. The van der Waals surface area contributed by atoms with Crippen molar-refractivity contribution in [3.63, 3.8) is 0 Å². The number of carbonyl (C=O) groups is 1. The number of primary amides is 1. The molecule has 0 saturated carbocycles. The first kappa shape index (κ1) is 26.8. The Morgan fingerprint density at radius 3 is 2.66 bits per heavy atom. The predicted molar refractivity (Wildman–Crippen MR) is 139 cm³/mol. The fraction of sp³-hybridized carbons (Fsp3) is 0.636. The molecule has 2 aliphatic heterocycles. The Morgan fingerprint density at radius 1 is 1.28 bits per heavy atom. The highest BCUT2D eigenvalue weighted by Crippen LogP contribution is 2.24. The summed E-state index contributed by atoms with van der Waals surface area (Å²) in [5, 5.41) is 3.38. The minimum absolute atomic E-state index is 0. The fourth-order valence-corrected chi connectivity index (χ4v) is 5.73. The number of benzene rings is 1. The fourth-order valence-electron chi connectivity index (χ4n) is 4.37. The number of guanidine groups is 1. The molecule has 32 heavy (non-hydrogen) atoms. The molecule has 0 aromatic heterocycles. The first-order chi connectivity index (χ1) is 14.6. The van der Waals surface area contributed by atoms with E-state index in [0.717, 1.165) is 38.0 Å². The molecular formula is C22H36IN5O3S. The van der Waals surface area contributed by atoms with Gasteiger partial charge in [0.05, 0.1) is 16.4 Å². The minimum atomic E-state index is -3.09. The van der Waals surface area contributed by atoms with Crippen LogP contribution in [0.3, 0.4) is 0 Å². The first-order valence-corrected chi connectivity index (χ1v) is 12.5. The summed E-state index contributed by atoms with van der Waals surface area (Å²) >= 11 is 0. The van der Waals surface area contributed by atoms with Crippen molar-refractivity contribution in [1.29, 1.82) is 0 Å². The standard InChI is InChI=1S/C22H35N5O3S.HI/c1-22(2)16-27(10-11-31(22,29)30)21(24-3)25-13-17-6-4-7-18(12-17)14-26-9-5-8-19(15-26)20(23)28;/h4,6-7,12,19H,5,8-11,13-16H2,1-3H3,(H2,23,28)(H,24,25);1H. The molecule has 2 fully saturated rings. The van der Waals surface area contributed by atoms with Gasteiger partial charge in [0, 0.05) is 39.8 Å². The van der Waals surface area contributed by atoms with E-state index in [9.17, 15) is 13.2 Å². The van der Waals surface area contributed by atoms with Gasteiger partial charge < -0.3 is 16.0 Å². The number of halogens is 1. The quantitative estimate of drug-likeness (QED) is 0.313. The SMILES string of the molecule is CN=C(NCc1cccc(CN2CCCC(C(N)=O)C2)c1)N1CCS(=O)(=O)C(C)(C)C1.I. The highest BCUT2D eigenvalue weighted by Gasteiger charge is 2.40. The second kappa shape index (κ2) is 11.1. The third-order valence-electron chi connectivity index (χ3n) is 6.31. The Morgan fingerprint density at radius 2 is 2.00 bits per heavy atom. The van der Waals surface area contributed by atoms with Crippen LogP contribution in [0.4, 0.5) is 0 Å². The van der Waals surface area contributed by atoms with E-state index in [1.165, 1.54) is 5.56 Å². The lowest BCUT2D eigenvalue weighted by molar-refractivity contribution is -0.123. The lowest BCUT2D eigenvalue weighted by Crippen LogP contribution is -2.57. The molecule has 1 aromatic rings. The second-order valence-corrected chi connectivity index (χ2v) is 11.9. The van der Waals surface area contributed by atoms with Crippen LogP contribution in [0.2, 0.25) is 0 Å². The maximum Gasteiger partial charge on any atom is 0.221 e. The van der Waals surface area contributed by atoms with Crippen LogP contribution in [0.5, 0.6) is 0 Å². The van der Waals surface area contributed by atoms with Crippen molar-refractivity contribution in [2.24, 2.45) is 16.6 Å². The van der Waals surface area contributed by atoms with Gasteiger partial charge in [0.1, 0.15) is 0 Å². The zero-order valence-electron chi connectivity index (χ0n) is 19.2. The molecule has 0 aliphatic carbocycles. The number of hydrogen-bond donors (Lipinski definition) is 2. The Bertz CT molecular complexity index is 935. The molecule has 180 valence electrons. The molecule has 2 heterocycles. The molecule has 0 bridgehead atoms. The van der Waals surface area contributed by atoms with Crippen molar-refractivity contribution in [1.82, 2.24) is 15.1 Å². The largest absolute Gasteiger partial charge is 0.369 e. The van der Waals surface area contributed by atoms with Crippen LogP contribution in [0.1, 0.15) is 37.8 Å². The topological polar surface area (TPSA) is 108 Å². The first-order valence-electron chi connectivity index (χ1n) is 10.9. The Labute approximate surface area is 208 Å². The maximum atomic E-state index is 12.3. The van der Waals surface area contributed by atoms with E-state index < -0.39 is 14.6 Å². The Kier molecular flexibility index (Phi) is 9.35. The summed E-state index contributed by atoms with van der Waals surface area (Å²) in [5.41, 5.74) is 7.83. The number of likely N-dealkylation sites (tertiary alicyclic amines) is 1. The van der Waals surface area contributed by atoms with Crippen molar-refractivity contribution in [2.75, 3.05) is 39.0 Å². The van der Waals surface area contributed by atoms with Crippen LogP contribution < -0.4 is 11.1 Å². The second-order valence-electron chi connectivity index (χ2n) is 9.20. The molecule has 2 saturated heterocycles. The van der Waals surface area contributed by atoms with Crippen molar-refractivity contribution in [2.45, 2.75) is 44.5 Å². The molecule has 0 radical (unpaired) electrons. The monoisotopic (exact) mass is 577 g/mol. The van der Waals surface area contributed by atoms with Gasteiger partial charge in [-0.05, 0) is 44.4 Å². The molecule has 1 amide bonds. The number of nitrogens with two attached hydrogens (primary N) is 1. The van der Waals surface area contributed by atoms with Crippen molar-refractivity contribution in [3.8, 4) is 0 Å². The predicted octanol–water partition coefficient (Wildman–Crippen LogP) is 1.59. The van der Waals surface area contributed by atoms with E-state index in [1.54, 1.807) is 20.9 Å². The van der Waals surface area contributed by atoms with E-state index in [0.29, 0.717) is 25.6 Å². The zero-order chi connectivity index (χ0) is 22.6. The summed E-state index contributed by atoms with van der Waals surface area (Å²) in [5.74, 6) is 0.592. The number of hydrogen-bond acceptors (Lipinski definition) is 5. The number of piperidine rings is 1. The summed E-state index contributed by atoms with van der Waals surface area (Å²) in [6, 6.07) is 8.38. The Balaban J connectivity index is 0.00000363. The number of aliphatic imine (C=N–C) groups is 1. The van der Waals surface area contributed by atoms with Crippen LogP contribution in [-0.4, -0.2) is 73.8 Å². The number of amides is 1. The molecule has 3 N–H and O–H groups in total. The van der Waals surface area contributed by atoms with E-state index in [4.69, 9.17) is 5.73 Å². The van der Waals surface area contributed by atoms with Crippen molar-refractivity contribution in [3.05, 3.63) is 35.4 Å². The van der Waals surface area contributed by atoms with Gasteiger partial charge in [0.2, 0.25) is 5.91 Å². The number of carbonyl (C=O) groups excluding carboxylic acids is 1. The number of rotatable bonds is 5. The van der Waals surface area contributed by atoms with Gasteiger partial charge >= 0.3 is 0 Å². The van der Waals surface area contributed by atoms with Crippen molar-refractivity contribution >= 4 is 45.7 Å². The highest BCUT2D eigenvalue weighted by atomic mass is 127. The molecule has 1 unspecified atom stereocenters. The number of nitrogens with one attached hydrogen (secondary N) is 1. The molecule has 2 aliphatic rings. The lowest BCUT2D eigenvalue weighted by atomic mass is 9.97.